The fourth-order valence-corrected chi connectivity index (χ4v) is 4.20. The highest BCUT2D eigenvalue weighted by molar-refractivity contribution is 7.18. The molecule has 2 heterocycles. The van der Waals surface area contributed by atoms with Gasteiger partial charge in [0, 0.05) is 31.7 Å². The fourth-order valence-electron chi connectivity index (χ4n) is 3.19. The number of amides is 1. The number of carbonyl (C=O) groups is 1. The summed E-state index contributed by atoms with van der Waals surface area (Å²) < 4.78 is 1.22. The molecule has 0 atom stereocenters. The van der Waals surface area contributed by atoms with Crippen LogP contribution in [0.5, 0.6) is 0 Å². The van der Waals surface area contributed by atoms with E-state index in [1.807, 2.05) is 23.1 Å². The van der Waals surface area contributed by atoms with Gasteiger partial charge in [-0.3, -0.25) is 9.69 Å². The molecule has 1 fully saturated rings. The van der Waals surface area contributed by atoms with Gasteiger partial charge in [0.15, 0.2) is 0 Å². The summed E-state index contributed by atoms with van der Waals surface area (Å²) in [5, 5.41) is 10.1. The first-order valence-electron chi connectivity index (χ1n) is 8.59. The molecule has 1 aliphatic rings. The molecule has 6 heteroatoms. The second-order valence-electron chi connectivity index (χ2n) is 6.34. The van der Waals surface area contributed by atoms with Gasteiger partial charge in [0.2, 0.25) is 0 Å². The molecule has 1 aromatic heterocycles. The molecule has 0 radical (unpaired) electrons. The standard InChI is InChI=1S/C20H18N4OS/c21-13-15-4-3-5-16(12-15)20(25)24-10-8-23(9-11-24)14-19-22-17-6-1-2-7-18(17)26-19/h1-7,12H,8-11,14H2. The highest BCUT2D eigenvalue weighted by atomic mass is 32.1. The van der Waals surface area contributed by atoms with Gasteiger partial charge in [-0.2, -0.15) is 5.26 Å². The van der Waals surface area contributed by atoms with Crippen LogP contribution < -0.4 is 0 Å². The molecule has 4 rings (SSSR count). The molecular weight excluding hydrogens is 344 g/mol. The first-order chi connectivity index (χ1) is 12.7. The Bertz CT molecular complexity index is 950. The van der Waals surface area contributed by atoms with Crippen molar-refractivity contribution in [3.05, 3.63) is 64.7 Å². The Kier molecular flexibility index (Phi) is 4.65. The molecule has 1 amide bonds. The predicted octanol–water partition coefficient (Wildman–Crippen LogP) is 3.13. The summed E-state index contributed by atoms with van der Waals surface area (Å²) in [5.74, 6) is 0.00161. The van der Waals surface area contributed by atoms with Crippen molar-refractivity contribution < 1.29 is 4.79 Å². The Morgan fingerprint density at radius 2 is 1.92 bits per heavy atom. The van der Waals surface area contributed by atoms with Crippen LogP contribution in [0.4, 0.5) is 0 Å². The molecule has 0 unspecified atom stereocenters. The zero-order valence-electron chi connectivity index (χ0n) is 14.3. The maximum Gasteiger partial charge on any atom is 0.253 e. The zero-order chi connectivity index (χ0) is 17.9. The first-order valence-corrected chi connectivity index (χ1v) is 9.41. The first kappa shape index (κ1) is 16.7. The number of piperazine rings is 1. The lowest BCUT2D eigenvalue weighted by molar-refractivity contribution is 0.0628. The molecule has 2 aromatic carbocycles. The molecule has 5 nitrogen and oxygen atoms in total. The Morgan fingerprint density at radius 1 is 1.12 bits per heavy atom. The van der Waals surface area contributed by atoms with E-state index in [-0.39, 0.29) is 5.91 Å². The van der Waals surface area contributed by atoms with Gasteiger partial charge in [0.25, 0.3) is 5.91 Å². The number of carbonyl (C=O) groups excluding carboxylic acids is 1. The van der Waals surface area contributed by atoms with Crippen LogP contribution in [0.25, 0.3) is 10.2 Å². The van der Waals surface area contributed by atoms with E-state index in [1.54, 1.807) is 35.6 Å². The molecule has 3 aromatic rings. The normalized spacial score (nSPS) is 15.1. The van der Waals surface area contributed by atoms with Gasteiger partial charge < -0.3 is 4.90 Å². The van der Waals surface area contributed by atoms with Gasteiger partial charge in [0.1, 0.15) is 5.01 Å². The topological polar surface area (TPSA) is 60.2 Å². The van der Waals surface area contributed by atoms with E-state index in [9.17, 15) is 4.79 Å². The number of nitriles is 1. The lowest BCUT2D eigenvalue weighted by Crippen LogP contribution is -2.48. The Balaban J connectivity index is 1.37. The Hall–Kier alpha value is -2.75. The number of nitrogens with zero attached hydrogens (tertiary/aromatic N) is 4. The highest BCUT2D eigenvalue weighted by Crippen LogP contribution is 2.23. The average molecular weight is 362 g/mol. The SMILES string of the molecule is N#Cc1cccc(C(=O)N2CCN(Cc3nc4ccccc4s3)CC2)c1. The summed E-state index contributed by atoms with van der Waals surface area (Å²) in [6.07, 6.45) is 0. The van der Waals surface area contributed by atoms with Crippen LogP contribution in [0.15, 0.2) is 48.5 Å². The van der Waals surface area contributed by atoms with Crippen LogP contribution in [-0.4, -0.2) is 46.9 Å². The monoisotopic (exact) mass is 362 g/mol. The second kappa shape index (κ2) is 7.24. The minimum absolute atomic E-state index is 0.00161. The number of benzene rings is 2. The largest absolute Gasteiger partial charge is 0.336 e. The van der Waals surface area contributed by atoms with Gasteiger partial charge in [-0.25, -0.2) is 4.98 Å². The fraction of sp³-hybridized carbons (Fsp3) is 0.250. The third kappa shape index (κ3) is 3.45. The summed E-state index contributed by atoms with van der Waals surface area (Å²) in [6.45, 7) is 3.88. The number of rotatable bonds is 3. The summed E-state index contributed by atoms with van der Waals surface area (Å²) in [7, 11) is 0. The predicted molar refractivity (Wildman–Crippen MR) is 102 cm³/mol. The van der Waals surface area contributed by atoms with Gasteiger partial charge in [-0.1, -0.05) is 18.2 Å². The van der Waals surface area contributed by atoms with Crippen molar-refractivity contribution >= 4 is 27.5 Å². The number of hydrogen-bond donors (Lipinski definition) is 0. The van der Waals surface area contributed by atoms with E-state index in [0.29, 0.717) is 24.2 Å². The van der Waals surface area contributed by atoms with E-state index in [1.165, 1.54) is 4.70 Å². The Labute approximate surface area is 156 Å². The molecule has 1 saturated heterocycles. The van der Waals surface area contributed by atoms with Gasteiger partial charge in [-0.05, 0) is 30.3 Å². The van der Waals surface area contributed by atoms with Crippen LogP contribution in [0.1, 0.15) is 20.9 Å². The van der Waals surface area contributed by atoms with Crippen molar-refractivity contribution in [1.82, 2.24) is 14.8 Å². The van der Waals surface area contributed by atoms with Gasteiger partial charge in [-0.15, -0.1) is 11.3 Å². The van der Waals surface area contributed by atoms with E-state index in [4.69, 9.17) is 10.2 Å². The van der Waals surface area contributed by atoms with Crippen LogP contribution in [0.3, 0.4) is 0 Å². The van der Waals surface area contributed by atoms with Crippen LogP contribution in [0.2, 0.25) is 0 Å². The molecular formula is C20H18N4OS. The number of hydrogen-bond acceptors (Lipinski definition) is 5. The number of fused-ring (bicyclic) bond motifs is 1. The minimum atomic E-state index is 0.00161. The van der Waals surface area contributed by atoms with Crippen molar-refractivity contribution in [1.29, 1.82) is 5.26 Å². The van der Waals surface area contributed by atoms with Crippen molar-refractivity contribution in [3.8, 4) is 6.07 Å². The maximum absolute atomic E-state index is 12.6. The van der Waals surface area contributed by atoms with Crippen molar-refractivity contribution in [2.24, 2.45) is 0 Å². The van der Waals surface area contributed by atoms with Crippen molar-refractivity contribution in [2.75, 3.05) is 26.2 Å². The maximum atomic E-state index is 12.6. The number of aromatic nitrogens is 1. The van der Waals surface area contributed by atoms with Gasteiger partial charge in [0.05, 0.1) is 28.4 Å². The molecule has 0 spiro atoms. The van der Waals surface area contributed by atoms with Crippen molar-refractivity contribution in [3.63, 3.8) is 0 Å². The molecule has 0 saturated carbocycles. The molecule has 0 aliphatic carbocycles. The molecule has 0 N–H and O–H groups in total. The quantitative estimate of drug-likeness (QED) is 0.718. The molecule has 26 heavy (non-hydrogen) atoms. The average Bonchev–Trinajstić information content (AvgIpc) is 3.10. The van der Waals surface area contributed by atoms with E-state index < -0.39 is 0 Å². The molecule has 1 aliphatic heterocycles. The minimum Gasteiger partial charge on any atom is -0.336 e. The van der Waals surface area contributed by atoms with Crippen LogP contribution in [0, 0.1) is 11.3 Å². The third-order valence-electron chi connectivity index (χ3n) is 4.60. The lowest BCUT2D eigenvalue weighted by atomic mass is 10.1. The number of thiazole rings is 1. The van der Waals surface area contributed by atoms with Crippen LogP contribution >= 0.6 is 11.3 Å². The van der Waals surface area contributed by atoms with E-state index in [0.717, 1.165) is 30.2 Å². The summed E-state index contributed by atoms with van der Waals surface area (Å²) >= 11 is 1.74. The second-order valence-corrected chi connectivity index (χ2v) is 7.45. The summed E-state index contributed by atoms with van der Waals surface area (Å²) in [6, 6.07) is 17.2. The molecule has 130 valence electrons. The summed E-state index contributed by atoms with van der Waals surface area (Å²) in [5.41, 5.74) is 2.16. The van der Waals surface area contributed by atoms with Crippen LogP contribution in [-0.2, 0) is 6.54 Å². The smallest absolute Gasteiger partial charge is 0.253 e. The van der Waals surface area contributed by atoms with E-state index in [2.05, 4.69) is 17.0 Å². The van der Waals surface area contributed by atoms with Crippen molar-refractivity contribution in [2.45, 2.75) is 6.54 Å². The lowest BCUT2D eigenvalue weighted by Gasteiger charge is -2.34. The highest BCUT2D eigenvalue weighted by Gasteiger charge is 2.23. The van der Waals surface area contributed by atoms with Gasteiger partial charge >= 0.3 is 0 Å². The number of para-hydroxylation sites is 1. The Morgan fingerprint density at radius 3 is 2.69 bits per heavy atom. The third-order valence-corrected chi connectivity index (χ3v) is 5.62. The zero-order valence-corrected chi connectivity index (χ0v) is 15.1. The molecule has 0 bridgehead atoms. The van der Waals surface area contributed by atoms with E-state index >= 15 is 0 Å². The summed E-state index contributed by atoms with van der Waals surface area (Å²) in [4.78, 5) is 21.5.